The molecule has 18 heavy (non-hydrogen) atoms. The van der Waals surface area contributed by atoms with E-state index in [1.807, 2.05) is 0 Å². The molecule has 0 bridgehead atoms. The number of rotatable bonds is 1. The van der Waals surface area contributed by atoms with Gasteiger partial charge in [0.05, 0.1) is 25.1 Å². The minimum absolute atomic E-state index is 0.0597. The topological polar surface area (TPSA) is 32.9 Å². The van der Waals surface area contributed by atoms with Gasteiger partial charge in [-0.2, -0.15) is 0 Å². The highest BCUT2D eigenvalue weighted by atomic mass is 35.5. The lowest BCUT2D eigenvalue weighted by atomic mass is 10.1. The summed E-state index contributed by atoms with van der Waals surface area (Å²) in [4.78, 5) is 14.5. The molecule has 0 spiro atoms. The highest BCUT2D eigenvalue weighted by molar-refractivity contribution is 6.56. The van der Waals surface area contributed by atoms with E-state index in [0.29, 0.717) is 0 Å². The smallest absolute Gasteiger partial charge is 0.189 e. The molecule has 1 heterocycles. The van der Waals surface area contributed by atoms with E-state index < -0.39 is 0 Å². The Labute approximate surface area is 127 Å². The zero-order valence-corrected chi connectivity index (χ0v) is 12.3. The summed E-state index contributed by atoms with van der Waals surface area (Å²) in [6.07, 6.45) is 2.96. The molecule has 94 valence electrons. The summed E-state index contributed by atoms with van der Waals surface area (Å²) in [6.45, 7) is 0. The second kappa shape index (κ2) is 5.32. The summed E-state index contributed by atoms with van der Waals surface area (Å²) < 4.78 is 0. The average Bonchev–Trinajstić information content (AvgIpc) is 2.36. The van der Waals surface area contributed by atoms with Gasteiger partial charge in [-0.15, -0.1) is 0 Å². The minimum Gasteiger partial charge on any atom is -0.367 e. The van der Waals surface area contributed by atoms with Crippen LogP contribution in [0.5, 0.6) is 0 Å². The van der Waals surface area contributed by atoms with E-state index in [1.165, 1.54) is 18.5 Å². The Kier molecular flexibility index (Phi) is 4.15. The normalized spacial score (nSPS) is 10.7. The second-order valence-electron chi connectivity index (χ2n) is 3.37. The molecule has 0 radical (unpaired) electrons. The van der Waals surface area contributed by atoms with Crippen LogP contribution in [0, 0.1) is 0 Å². The Bertz CT molecular complexity index is 651. The van der Waals surface area contributed by atoms with Crippen molar-refractivity contribution in [1.29, 1.82) is 0 Å². The zero-order valence-electron chi connectivity index (χ0n) is 8.53. The molecule has 0 aliphatic rings. The van der Waals surface area contributed by atoms with Crippen molar-refractivity contribution < 1.29 is 0 Å². The first-order valence-corrected chi connectivity index (χ1v) is 6.53. The maximum Gasteiger partial charge on any atom is 0.189 e. The molecule has 2 nitrogen and oxygen atoms in total. The molecule has 0 aliphatic heterocycles. The summed E-state index contributed by atoms with van der Waals surface area (Å²) in [7, 11) is 0. The highest BCUT2D eigenvalue weighted by Crippen LogP contribution is 2.47. The third-order valence-corrected chi connectivity index (χ3v) is 4.58. The molecule has 7 heteroatoms. The Hall–Kier alpha value is -0.380. The maximum absolute atomic E-state index is 11.8. The fourth-order valence-corrected chi connectivity index (χ4v) is 2.79. The zero-order chi connectivity index (χ0) is 13.4. The van der Waals surface area contributed by atoms with Crippen molar-refractivity contribution in [2.75, 3.05) is 0 Å². The van der Waals surface area contributed by atoms with Gasteiger partial charge in [-0.05, 0) is 0 Å². The third-order valence-electron chi connectivity index (χ3n) is 2.30. The standard InChI is InChI=1S/C11H4Cl5NO/c12-7-6(4-3-17-2-1-5(4)18)8(13)10(15)11(16)9(7)14/h1-3H,(H,17,18). The predicted molar refractivity (Wildman–Crippen MR) is 77.5 cm³/mol. The Morgan fingerprint density at radius 2 is 1.33 bits per heavy atom. The molecule has 1 N–H and O–H groups in total. The van der Waals surface area contributed by atoms with Gasteiger partial charge in [0.2, 0.25) is 0 Å². The van der Waals surface area contributed by atoms with Crippen molar-refractivity contribution >= 4 is 58.0 Å². The van der Waals surface area contributed by atoms with E-state index in [2.05, 4.69) is 4.98 Å². The third kappa shape index (κ3) is 2.24. The van der Waals surface area contributed by atoms with E-state index in [9.17, 15) is 4.79 Å². The maximum atomic E-state index is 11.8. The summed E-state index contributed by atoms with van der Waals surface area (Å²) in [6, 6.07) is 1.35. The lowest BCUT2D eigenvalue weighted by Gasteiger charge is -2.11. The van der Waals surface area contributed by atoms with Crippen molar-refractivity contribution in [3.05, 3.63) is 53.8 Å². The number of pyridine rings is 1. The molecule has 0 amide bonds. The van der Waals surface area contributed by atoms with Crippen LogP contribution in [0.1, 0.15) is 0 Å². The lowest BCUT2D eigenvalue weighted by molar-refractivity contribution is 1.30. The number of hydrogen-bond donors (Lipinski definition) is 1. The van der Waals surface area contributed by atoms with Crippen LogP contribution in [-0.4, -0.2) is 4.98 Å². The number of benzene rings is 1. The Balaban J connectivity index is 2.89. The molecule has 1 aromatic heterocycles. The number of H-pyrrole nitrogens is 1. The van der Waals surface area contributed by atoms with Crippen molar-refractivity contribution in [3.63, 3.8) is 0 Å². The van der Waals surface area contributed by atoms with Gasteiger partial charge in [0.1, 0.15) is 0 Å². The summed E-state index contributed by atoms with van der Waals surface area (Å²) >= 11 is 29.9. The SMILES string of the molecule is O=c1cc[nH]cc1-c1c(Cl)c(Cl)c(Cl)c(Cl)c1Cl. The molecule has 0 atom stereocenters. The molecule has 1 aromatic carbocycles. The van der Waals surface area contributed by atoms with Gasteiger partial charge in [-0.3, -0.25) is 4.79 Å². The van der Waals surface area contributed by atoms with Crippen LogP contribution in [0.25, 0.3) is 11.1 Å². The molecule has 2 aromatic rings. The van der Waals surface area contributed by atoms with Gasteiger partial charge >= 0.3 is 0 Å². The molecular weight excluding hydrogens is 339 g/mol. The van der Waals surface area contributed by atoms with Crippen LogP contribution >= 0.6 is 58.0 Å². The van der Waals surface area contributed by atoms with E-state index in [-0.39, 0.29) is 41.7 Å². The average molecular weight is 343 g/mol. The molecule has 0 aliphatic carbocycles. The quantitative estimate of drug-likeness (QED) is 0.552. The van der Waals surface area contributed by atoms with Crippen LogP contribution < -0.4 is 5.43 Å². The second-order valence-corrected chi connectivity index (χ2v) is 5.26. The van der Waals surface area contributed by atoms with Gasteiger partial charge in [-0.25, -0.2) is 0 Å². The van der Waals surface area contributed by atoms with Gasteiger partial charge in [0, 0.05) is 29.6 Å². The summed E-state index contributed by atoms with van der Waals surface area (Å²) in [5, 5.41) is 0.363. The number of nitrogens with one attached hydrogen (secondary N) is 1. The highest BCUT2D eigenvalue weighted by Gasteiger charge is 2.21. The van der Waals surface area contributed by atoms with Crippen molar-refractivity contribution in [3.8, 4) is 11.1 Å². The lowest BCUT2D eigenvalue weighted by Crippen LogP contribution is -2.04. The summed E-state index contributed by atoms with van der Waals surface area (Å²) in [5.41, 5.74) is 0.277. The molecule has 0 saturated heterocycles. The van der Waals surface area contributed by atoms with Gasteiger partial charge in [0.15, 0.2) is 5.43 Å². The van der Waals surface area contributed by atoms with Crippen LogP contribution in [0.15, 0.2) is 23.3 Å². The number of aromatic amines is 1. The van der Waals surface area contributed by atoms with Gasteiger partial charge in [-0.1, -0.05) is 58.0 Å². The fourth-order valence-electron chi connectivity index (χ4n) is 1.45. The first-order chi connectivity index (χ1) is 8.45. The molecule has 0 unspecified atom stereocenters. The fraction of sp³-hybridized carbons (Fsp3) is 0. The summed E-state index contributed by atoms with van der Waals surface area (Å²) in [5.74, 6) is 0. The number of halogens is 5. The number of hydrogen-bond acceptors (Lipinski definition) is 1. The largest absolute Gasteiger partial charge is 0.367 e. The monoisotopic (exact) mass is 341 g/mol. The van der Waals surface area contributed by atoms with E-state index >= 15 is 0 Å². The van der Waals surface area contributed by atoms with Gasteiger partial charge in [0.25, 0.3) is 0 Å². The van der Waals surface area contributed by atoms with E-state index in [4.69, 9.17) is 58.0 Å². The first kappa shape index (κ1) is 14.0. The van der Waals surface area contributed by atoms with Crippen LogP contribution in [-0.2, 0) is 0 Å². The van der Waals surface area contributed by atoms with Crippen molar-refractivity contribution in [2.45, 2.75) is 0 Å². The van der Waals surface area contributed by atoms with Crippen LogP contribution in [0.3, 0.4) is 0 Å². The Morgan fingerprint density at radius 3 is 1.83 bits per heavy atom. The van der Waals surface area contributed by atoms with Crippen molar-refractivity contribution in [1.82, 2.24) is 4.98 Å². The van der Waals surface area contributed by atoms with Crippen LogP contribution in [0.4, 0.5) is 0 Å². The number of aromatic nitrogens is 1. The Morgan fingerprint density at radius 1 is 0.833 bits per heavy atom. The molecule has 2 rings (SSSR count). The van der Waals surface area contributed by atoms with Crippen molar-refractivity contribution in [2.24, 2.45) is 0 Å². The molecule has 0 saturated carbocycles. The first-order valence-electron chi connectivity index (χ1n) is 4.64. The molecular formula is C11H4Cl5NO. The van der Waals surface area contributed by atoms with Crippen LogP contribution in [0.2, 0.25) is 25.1 Å². The van der Waals surface area contributed by atoms with Gasteiger partial charge < -0.3 is 4.98 Å². The van der Waals surface area contributed by atoms with E-state index in [1.54, 1.807) is 0 Å². The van der Waals surface area contributed by atoms with E-state index in [0.717, 1.165) is 0 Å². The molecule has 0 fully saturated rings. The minimum atomic E-state index is -0.257. The predicted octanol–water partition coefficient (Wildman–Crippen LogP) is 5.31.